The summed E-state index contributed by atoms with van der Waals surface area (Å²) >= 11 is 0. The topological polar surface area (TPSA) is 64.6 Å². The minimum Gasteiger partial charge on any atom is -1.00 e. The maximum atomic E-state index is 12.1. The Balaban J connectivity index is 0.00000210. The quantitative estimate of drug-likeness (QED) is 0.616. The molecule has 7 heteroatoms. The molecule has 1 fully saturated rings. The molecule has 2 aromatic carbocycles. The smallest absolute Gasteiger partial charge is 0.338 e. The van der Waals surface area contributed by atoms with Crippen LogP contribution in [-0.2, 0) is 4.74 Å². The number of halogens is 1. The molecule has 1 unspecified atom stereocenters. The highest BCUT2D eigenvalue weighted by Gasteiger charge is 2.27. The highest BCUT2D eigenvalue weighted by molar-refractivity contribution is 5.89. The molecule has 2 aliphatic heterocycles. The summed E-state index contributed by atoms with van der Waals surface area (Å²) in [6.07, 6.45) is -0.305. The number of ether oxygens (including phenoxy) is 3. The summed E-state index contributed by atoms with van der Waals surface area (Å²) in [5, 5.41) is 2.32. The molecule has 4 rings (SSSR count). The number of quaternary nitrogens is 1. The third-order valence-corrected chi connectivity index (χ3v) is 4.62. The summed E-state index contributed by atoms with van der Waals surface area (Å²) in [4.78, 5) is 14.4. The van der Waals surface area contributed by atoms with E-state index >= 15 is 0 Å². The number of anilines is 1. The maximum Gasteiger partial charge on any atom is 0.338 e. The molecule has 2 N–H and O–H groups in total. The van der Waals surface area contributed by atoms with Crippen molar-refractivity contribution >= 4 is 11.7 Å². The molecule has 0 aliphatic carbocycles. The fourth-order valence-corrected chi connectivity index (χ4v) is 3.28. The van der Waals surface area contributed by atoms with Crippen molar-refractivity contribution in [3.05, 3.63) is 54.1 Å². The van der Waals surface area contributed by atoms with Crippen molar-refractivity contribution in [1.82, 2.24) is 0 Å². The van der Waals surface area contributed by atoms with E-state index < -0.39 is 0 Å². The van der Waals surface area contributed by atoms with Crippen molar-refractivity contribution in [2.75, 3.05) is 44.3 Å². The van der Waals surface area contributed by atoms with E-state index in [2.05, 4.69) is 16.3 Å². The van der Waals surface area contributed by atoms with Gasteiger partial charge in [0, 0.05) is 0 Å². The number of esters is 1. The van der Waals surface area contributed by atoms with Crippen LogP contribution in [0.25, 0.3) is 0 Å². The van der Waals surface area contributed by atoms with Crippen LogP contribution >= 0.6 is 0 Å². The van der Waals surface area contributed by atoms with Crippen molar-refractivity contribution < 1.29 is 36.7 Å². The van der Waals surface area contributed by atoms with Gasteiger partial charge in [-0.2, -0.15) is 0 Å². The van der Waals surface area contributed by atoms with E-state index in [1.807, 2.05) is 30.3 Å². The van der Waals surface area contributed by atoms with Gasteiger partial charge in [-0.1, -0.05) is 24.3 Å². The Hall–Kier alpha value is -2.44. The molecule has 2 aromatic rings. The molecule has 144 valence electrons. The molecule has 0 radical (unpaired) electrons. The zero-order chi connectivity index (χ0) is 17.8. The molecule has 0 bridgehead atoms. The first-order valence-electron chi connectivity index (χ1n) is 9.02. The number of carbonyl (C=O) groups is 1. The number of piperazine rings is 1. The van der Waals surface area contributed by atoms with Crippen LogP contribution in [0.1, 0.15) is 10.4 Å². The summed E-state index contributed by atoms with van der Waals surface area (Å²) < 4.78 is 17.4. The van der Waals surface area contributed by atoms with Gasteiger partial charge in [0.2, 0.25) is 0 Å². The van der Waals surface area contributed by atoms with Crippen molar-refractivity contribution in [3.63, 3.8) is 0 Å². The molecule has 1 saturated heterocycles. The largest absolute Gasteiger partial charge is 1.00 e. The molecule has 0 amide bonds. The summed E-state index contributed by atoms with van der Waals surface area (Å²) in [6.45, 7) is 4.70. The monoisotopic (exact) mass is 390 g/mol. The normalized spacial score (nSPS) is 18.4. The van der Waals surface area contributed by atoms with Gasteiger partial charge in [-0.25, -0.2) is 4.79 Å². The third kappa shape index (κ3) is 4.46. The van der Waals surface area contributed by atoms with Gasteiger partial charge in [0.1, 0.15) is 13.2 Å². The number of carbonyl (C=O) groups excluding carboxylic acids is 1. The molecule has 27 heavy (non-hydrogen) atoms. The Labute approximate surface area is 164 Å². The van der Waals surface area contributed by atoms with Gasteiger partial charge in [-0.15, -0.1) is 0 Å². The van der Waals surface area contributed by atoms with E-state index in [-0.39, 0.29) is 31.1 Å². The number of nitrogens with zero attached hydrogens (tertiary/aromatic N) is 1. The van der Waals surface area contributed by atoms with Crippen LogP contribution < -0.4 is 32.1 Å². The van der Waals surface area contributed by atoms with Gasteiger partial charge in [0.15, 0.2) is 17.6 Å². The number of fused-ring (bicyclic) bond motifs is 1. The first-order valence-corrected chi connectivity index (χ1v) is 9.02. The summed E-state index contributed by atoms with van der Waals surface area (Å²) in [5.41, 5.74) is 1.61. The van der Waals surface area contributed by atoms with E-state index in [4.69, 9.17) is 14.2 Å². The molecule has 0 spiro atoms. The Morgan fingerprint density at radius 3 is 2.67 bits per heavy atom. The lowest BCUT2D eigenvalue weighted by Gasteiger charge is -2.33. The molecule has 0 saturated carbocycles. The van der Waals surface area contributed by atoms with Crippen LogP contribution in [0.15, 0.2) is 48.5 Å². The Morgan fingerprint density at radius 2 is 1.89 bits per heavy atom. The van der Waals surface area contributed by atoms with Crippen LogP contribution in [0, 0.1) is 0 Å². The second kappa shape index (κ2) is 8.97. The lowest BCUT2D eigenvalue weighted by Crippen LogP contribution is -3.00. The molecule has 1 atom stereocenters. The Kier molecular flexibility index (Phi) is 6.42. The predicted molar refractivity (Wildman–Crippen MR) is 96.9 cm³/mol. The van der Waals surface area contributed by atoms with E-state index in [1.165, 1.54) is 0 Å². The lowest BCUT2D eigenvalue weighted by molar-refractivity contribution is -0.655. The van der Waals surface area contributed by atoms with Gasteiger partial charge in [0.25, 0.3) is 0 Å². The van der Waals surface area contributed by atoms with Crippen molar-refractivity contribution in [2.45, 2.75) is 6.10 Å². The number of para-hydroxylation sites is 1. The Bertz CT molecular complexity index is 766. The number of hydrogen-bond acceptors (Lipinski definition) is 5. The van der Waals surface area contributed by atoms with Crippen LogP contribution in [-0.4, -0.2) is 51.5 Å². The minimum atomic E-state index is -0.349. The van der Waals surface area contributed by atoms with E-state index in [9.17, 15) is 4.79 Å². The number of rotatable bonds is 4. The molecule has 0 aromatic heterocycles. The van der Waals surface area contributed by atoms with E-state index in [1.54, 1.807) is 12.1 Å². The van der Waals surface area contributed by atoms with Gasteiger partial charge in [0.05, 0.1) is 37.4 Å². The lowest BCUT2D eigenvalue weighted by atomic mass is 10.2. The van der Waals surface area contributed by atoms with Gasteiger partial charge in [-0.05, 0) is 24.3 Å². The summed E-state index contributed by atoms with van der Waals surface area (Å²) in [5.74, 6) is 1.16. The number of hydrogen-bond donors (Lipinski definition) is 1. The summed E-state index contributed by atoms with van der Waals surface area (Å²) in [6, 6.07) is 14.9. The second-order valence-electron chi connectivity index (χ2n) is 6.47. The average Bonchev–Trinajstić information content (AvgIpc) is 2.72. The van der Waals surface area contributed by atoms with Gasteiger partial charge >= 0.3 is 5.97 Å². The average molecular weight is 391 g/mol. The maximum absolute atomic E-state index is 12.1. The Morgan fingerprint density at radius 1 is 1.11 bits per heavy atom. The van der Waals surface area contributed by atoms with Crippen LogP contribution in [0.4, 0.5) is 5.69 Å². The van der Waals surface area contributed by atoms with Gasteiger partial charge in [-0.3, -0.25) is 0 Å². The first kappa shape index (κ1) is 19.3. The van der Waals surface area contributed by atoms with Crippen molar-refractivity contribution in [1.29, 1.82) is 0 Å². The van der Waals surface area contributed by atoms with Crippen LogP contribution in [0.3, 0.4) is 0 Å². The molecule has 6 nitrogen and oxygen atoms in total. The fraction of sp³-hybridized carbons (Fsp3) is 0.350. The minimum absolute atomic E-state index is 0. The SMILES string of the molecule is O=C(OCC1COc2c(cccc2N2CC[NH2+]CC2)O1)c1ccccc1.[Cl-]. The number of nitrogens with two attached hydrogens (primary N) is 1. The standard InChI is InChI=1S/C20H22N2O4.ClH/c23-20(15-5-2-1-3-6-15)25-14-16-13-24-19-17(7-4-8-18(19)26-16)22-11-9-21-10-12-22;/h1-8,16,21H,9-14H2;1H. The zero-order valence-electron chi connectivity index (χ0n) is 15.0. The second-order valence-corrected chi connectivity index (χ2v) is 6.47. The van der Waals surface area contributed by atoms with Crippen molar-refractivity contribution in [2.24, 2.45) is 0 Å². The van der Waals surface area contributed by atoms with Crippen LogP contribution in [0.5, 0.6) is 11.5 Å². The molecular weight excluding hydrogens is 368 g/mol. The number of benzene rings is 2. The van der Waals surface area contributed by atoms with E-state index in [0.29, 0.717) is 17.9 Å². The van der Waals surface area contributed by atoms with Gasteiger partial charge < -0.3 is 36.8 Å². The molecule has 2 heterocycles. The zero-order valence-corrected chi connectivity index (χ0v) is 15.7. The van der Waals surface area contributed by atoms with E-state index in [0.717, 1.165) is 37.6 Å². The molecular formula is C20H23ClN2O4. The third-order valence-electron chi connectivity index (χ3n) is 4.62. The van der Waals surface area contributed by atoms with Crippen LogP contribution in [0.2, 0.25) is 0 Å². The predicted octanol–water partition coefficient (Wildman–Crippen LogP) is -1.93. The molecule has 2 aliphatic rings. The fourth-order valence-electron chi connectivity index (χ4n) is 3.28. The van der Waals surface area contributed by atoms with Crippen molar-refractivity contribution in [3.8, 4) is 11.5 Å². The summed E-state index contributed by atoms with van der Waals surface area (Å²) in [7, 11) is 0. The first-order chi connectivity index (χ1) is 12.8. The highest BCUT2D eigenvalue weighted by atomic mass is 35.5. The highest BCUT2D eigenvalue weighted by Crippen LogP contribution is 2.40.